The lowest BCUT2D eigenvalue weighted by Crippen LogP contribution is -2.14. The molecule has 1 heterocycles. The third kappa shape index (κ3) is 5.06. The Morgan fingerprint density at radius 1 is 1.21 bits per heavy atom. The second-order valence-electron chi connectivity index (χ2n) is 5.79. The average Bonchev–Trinajstić information content (AvgIpc) is 2.71. The first-order valence-corrected chi connectivity index (χ1v) is 8.81. The highest BCUT2D eigenvalue weighted by molar-refractivity contribution is 5.99. The van der Waals surface area contributed by atoms with Gasteiger partial charge in [-0.15, -0.1) is 0 Å². The Labute approximate surface area is 162 Å². The molecule has 0 atom stereocenters. The number of aliphatic imine (C=N–C) groups is 1. The van der Waals surface area contributed by atoms with Crippen LogP contribution in [0.5, 0.6) is 11.5 Å². The topological polar surface area (TPSA) is 100 Å². The van der Waals surface area contributed by atoms with Crippen LogP contribution in [-0.4, -0.2) is 37.4 Å². The van der Waals surface area contributed by atoms with Gasteiger partial charge in [0.25, 0.3) is 5.69 Å². The van der Waals surface area contributed by atoms with Crippen LogP contribution in [0.1, 0.15) is 36.2 Å². The van der Waals surface area contributed by atoms with Crippen molar-refractivity contribution in [1.82, 2.24) is 0 Å². The first kappa shape index (κ1) is 20.9. The molecule has 1 aliphatic rings. The summed E-state index contributed by atoms with van der Waals surface area (Å²) in [5.74, 6) is 0.420. The van der Waals surface area contributed by atoms with Crippen LogP contribution in [0.4, 0.5) is 11.4 Å². The molecular formula is C20H22N2O6. The number of nitrogens with zero attached hydrogens (tertiary/aromatic N) is 2. The van der Waals surface area contributed by atoms with Crippen molar-refractivity contribution in [2.75, 3.05) is 20.3 Å². The highest BCUT2D eigenvalue weighted by atomic mass is 16.6. The lowest BCUT2D eigenvalue weighted by Gasteiger charge is -2.18. The quantitative estimate of drug-likeness (QED) is 0.336. The van der Waals surface area contributed by atoms with Crippen LogP contribution in [0, 0.1) is 10.1 Å². The highest BCUT2D eigenvalue weighted by Gasteiger charge is 2.24. The van der Waals surface area contributed by atoms with Crippen molar-refractivity contribution in [3.05, 3.63) is 57.6 Å². The van der Waals surface area contributed by atoms with Gasteiger partial charge in [0, 0.05) is 12.3 Å². The number of fused-ring (bicyclic) bond motifs is 1. The van der Waals surface area contributed by atoms with Crippen LogP contribution in [0.3, 0.4) is 0 Å². The number of para-hydroxylation sites is 1. The smallest absolute Gasteiger partial charge is 0.344 e. The van der Waals surface area contributed by atoms with Crippen molar-refractivity contribution in [3.8, 4) is 11.5 Å². The van der Waals surface area contributed by atoms with E-state index in [1.165, 1.54) is 37.9 Å². The van der Waals surface area contributed by atoms with Crippen LogP contribution >= 0.6 is 0 Å². The summed E-state index contributed by atoms with van der Waals surface area (Å²) in [6.07, 6.45) is 2.58. The fourth-order valence-electron chi connectivity index (χ4n) is 2.40. The van der Waals surface area contributed by atoms with Gasteiger partial charge in [-0.05, 0) is 24.3 Å². The molecule has 8 nitrogen and oxygen atoms in total. The van der Waals surface area contributed by atoms with Gasteiger partial charge in [-0.2, -0.15) is 0 Å². The molecule has 2 aromatic rings. The molecule has 0 unspecified atom stereocenters. The monoisotopic (exact) mass is 386 g/mol. The van der Waals surface area contributed by atoms with Gasteiger partial charge >= 0.3 is 5.97 Å². The Morgan fingerprint density at radius 2 is 1.89 bits per heavy atom. The van der Waals surface area contributed by atoms with Gasteiger partial charge in [-0.3, -0.25) is 15.1 Å². The maximum Gasteiger partial charge on any atom is 0.344 e. The van der Waals surface area contributed by atoms with Crippen molar-refractivity contribution in [2.45, 2.75) is 20.3 Å². The van der Waals surface area contributed by atoms with Crippen LogP contribution in [0.15, 0.2) is 41.4 Å². The number of ether oxygens (including phenoxy) is 3. The van der Waals surface area contributed by atoms with E-state index in [9.17, 15) is 14.9 Å². The van der Waals surface area contributed by atoms with Crippen molar-refractivity contribution in [3.63, 3.8) is 0 Å². The minimum Gasteiger partial charge on any atom is -0.486 e. The van der Waals surface area contributed by atoms with Crippen LogP contribution in [0.25, 0.3) is 0 Å². The van der Waals surface area contributed by atoms with E-state index in [4.69, 9.17) is 9.47 Å². The lowest BCUT2D eigenvalue weighted by molar-refractivity contribution is -0.385. The molecule has 0 N–H and O–H groups in total. The normalized spacial score (nSPS) is 12.1. The molecule has 0 fully saturated rings. The number of nitro groups is 1. The van der Waals surface area contributed by atoms with Crippen LogP contribution in [0.2, 0.25) is 0 Å². The van der Waals surface area contributed by atoms with Gasteiger partial charge in [0.05, 0.1) is 23.3 Å². The predicted molar refractivity (Wildman–Crippen MR) is 105 cm³/mol. The number of benzene rings is 2. The van der Waals surface area contributed by atoms with E-state index in [1.54, 1.807) is 18.2 Å². The van der Waals surface area contributed by atoms with E-state index in [-0.39, 0.29) is 16.8 Å². The molecule has 0 bridgehead atoms. The SMILES string of the molecule is CCC.COC(=O)c1cccc(C=Nc2ccc3c(c2)OCCO3)c1[N+](=O)[O-]. The fraction of sp³-hybridized carbons (Fsp3) is 0.300. The standard InChI is InChI=1S/C17H14N2O6.C3H8/c1-23-17(20)13-4-2-3-11(16(13)19(21)22)10-18-12-5-6-14-15(9-12)25-8-7-24-14;1-3-2/h2-6,9-10H,7-8H2,1H3;3H2,1-2H3. The molecule has 0 radical (unpaired) electrons. The predicted octanol–water partition coefficient (Wildman–Crippen LogP) is 4.32. The van der Waals surface area contributed by atoms with E-state index < -0.39 is 10.9 Å². The zero-order chi connectivity index (χ0) is 20.5. The third-order valence-electron chi connectivity index (χ3n) is 3.53. The van der Waals surface area contributed by atoms with Crippen molar-refractivity contribution in [1.29, 1.82) is 0 Å². The van der Waals surface area contributed by atoms with E-state index in [1.807, 2.05) is 0 Å². The molecule has 0 amide bonds. The molecule has 2 aromatic carbocycles. The minimum atomic E-state index is -0.777. The Bertz CT molecular complexity index is 879. The van der Waals surface area contributed by atoms with Gasteiger partial charge in [0.15, 0.2) is 11.5 Å². The third-order valence-corrected chi connectivity index (χ3v) is 3.53. The summed E-state index contributed by atoms with van der Waals surface area (Å²) in [4.78, 5) is 26.7. The summed E-state index contributed by atoms with van der Waals surface area (Å²) in [5, 5.41) is 11.4. The van der Waals surface area contributed by atoms with Gasteiger partial charge in [0.1, 0.15) is 18.8 Å². The van der Waals surface area contributed by atoms with E-state index in [2.05, 4.69) is 23.6 Å². The molecule has 0 saturated carbocycles. The van der Waals surface area contributed by atoms with Crippen LogP contribution in [-0.2, 0) is 4.74 Å². The zero-order valence-corrected chi connectivity index (χ0v) is 16.0. The molecule has 28 heavy (non-hydrogen) atoms. The number of methoxy groups -OCH3 is 1. The average molecular weight is 386 g/mol. The molecule has 148 valence electrons. The summed E-state index contributed by atoms with van der Waals surface area (Å²) in [6, 6.07) is 9.49. The molecular weight excluding hydrogens is 364 g/mol. The summed E-state index contributed by atoms with van der Waals surface area (Å²) in [7, 11) is 1.17. The van der Waals surface area contributed by atoms with Gasteiger partial charge in [-0.25, -0.2) is 4.79 Å². The number of carbonyl (C=O) groups is 1. The fourth-order valence-corrected chi connectivity index (χ4v) is 2.40. The molecule has 3 rings (SSSR count). The number of rotatable bonds is 4. The minimum absolute atomic E-state index is 0.126. The number of nitro benzene ring substituents is 1. The summed E-state index contributed by atoms with van der Waals surface area (Å²) < 4.78 is 15.5. The Kier molecular flexibility index (Phi) is 7.50. The Balaban J connectivity index is 0.000000878. The number of hydrogen-bond acceptors (Lipinski definition) is 7. The molecule has 8 heteroatoms. The second-order valence-corrected chi connectivity index (χ2v) is 5.79. The Morgan fingerprint density at radius 3 is 2.54 bits per heavy atom. The second kappa shape index (κ2) is 10.1. The van der Waals surface area contributed by atoms with E-state index in [0.717, 1.165) is 0 Å². The summed E-state index contributed by atoms with van der Waals surface area (Å²) in [6.45, 7) is 5.19. The Hall–Kier alpha value is -3.42. The van der Waals surface area contributed by atoms with Crippen molar-refractivity contribution < 1.29 is 23.9 Å². The van der Waals surface area contributed by atoms with Gasteiger partial charge < -0.3 is 14.2 Å². The number of hydrogen-bond donors (Lipinski definition) is 0. The first-order valence-electron chi connectivity index (χ1n) is 8.81. The molecule has 0 aromatic heterocycles. The summed E-state index contributed by atoms with van der Waals surface area (Å²) >= 11 is 0. The summed E-state index contributed by atoms with van der Waals surface area (Å²) in [5.41, 5.74) is 0.263. The maximum atomic E-state index is 11.7. The molecule has 0 saturated heterocycles. The first-order chi connectivity index (χ1) is 13.5. The number of esters is 1. The highest BCUT2D eigenvalue weighted by Crippen LogP contribution is 2.33. The van der Waals surface area contributed by atoms with Crippen LogP contribution < -0.4 is 9.47 Å². The zero-order valence-electron chi connectivity index (χ0n) is 16.0. The lowest BCUT2D eigenvalue weighted by atomic mass is 10.1. The van der Waals surface area contributed by atoms with Crippen molar-refractivity contribution >= 4 is 23.6 Å². The number of carbonyl (C=O) groups excluding carboxylic acids is 1. The van der Waals surface area contributed by atoms with Gasteiger partial charge in [0.2, 0.25) is 0 Å². The molecule has 0 aliphatic carbocycles. The van der Waals surface area contributed by atoms with E-state index in [0.29, 0.717) is 30.4 Å². The van der Waals surface area contributed by atoms with E-state index >= 15 is 0 Å². The molecule has 1 aliphatic heterocycles. The maximum absolute atomic E-state index is 11.7. The van der Waals surface area contributed by atoms with Gasteiger partial charge in [-0.1, -0.05) is 26.3 Å². The largest absolute Gasteiger partial charge is 0.486 e. The molecule has 0 spiro atoms. The van der Waals surface area contributed by atoms with Crippen molar-refractivity contribution in [2.24, 2.45) is 4.99 Å².